The summed E-state index contributed by atoms with van der Waals surface area (Å²) in [7, 11) is 0. The molecule has 1 aromatic heterocycles. The van der Waals surface area contributed by atoms with Crippen molar-refractivity contribution in [3.05, 3.63) is 20.8 Å². The van der Waals surface area contributed by atoms with Crippen LogP contribution in [0.3, 0.4) is 0 Å². The number of aromatic amines is 2. The van der Waals surface area contributed by atoms with Crippen LogP contribution < -0.4 is 21.3 Å². The van der Waals surface area contributed by atoms with E-state index in [-0.39, 0.29) is 24.2 Å². The van der Waals surface area contributed by atoms with Crippen LogP contribution in [0.4, 0.5) is 0 Å². The number of nitrogens with zero attached hydrogens (tertiary/aromatic N) is 1. The molecule has 0 aromatic carbocycles. The van der Waals surface area contributed by atoms with Crippen LogP contribution in [0.15, 0.2) is 9.59 Å². The number of nitrogens with one attached hydrogen (secondary N) is 3. The van der Waals surface area contributed by atoms with Gasteiger partial charge in [0.1, 0.15) is 12.7 Å². The minimum atomic E-state index is -0.663. The molecule has 1 atom stereocenters. The summed E-state index contributed by atoms with van der Waals surface area (Å²) in [6, 6.07) is 0. The van der Waals surface area contributed by atoms with E-state index in [0.717, 1.165) is 6.54 Å². The van der Waals surface area contributed by atoms with Gasteiger partial charge in [-0.1, -0.05) is 0 Å². The van der Waals surface area contributed by atoms with Gasteiger partial charge in [0.2, 0.25) is 0 Å². The second kappa shape index (κ2) is 4.91. The van der Waals surface area contributed by atoms with Crippen LogP contribution in [0, 0.1) is 0 Å². The van der Waals surface area contributed by atoms with E-state index in [9.17, 15) is 9.59 Å². The molecule has 2 heterocycles. The Balaban J connectivity index is 1.95. The first-order valence-electron chi connectivity index (χ1n) is 5.67. The Bertz CT molecular complexity index is 521. The van der Waals surface area contributed by atoms with Crippen molar-refractivity contribution in [2.45, 2.75) is 25.6 Å². The van der Waals surface area contributed by atoms with Crippen LogP contribution in [-0.4, -0.2) is 46.6 Å². The molecule has 0 aliphatic carbocycles. The Morgan fingerprint density at radius 3 is 2.94 bits per heavy atom. The summed E-state index contributed by atoms with van der Waals surface area (Å²) >= 11 is 0. The SMILES string of the molecule is CC1(C)CNCC(COc2n[nH]c(=O)[nH]c2=O)O1. The van der Waals surface area contributed by atoms with Crippen molar-refractivity contribution < 1.29 is 9.47 Å². The van der Waals surface area contributed by atoms with Gasteiger partial charge < -0.3 is 14.8 Å². The topological polar surface area (TPSA) is 109 Å². The lowest BCUT2D eigenvalue weighted by atomic mass is 10.1. The highest BCUT2D eigenvalue weighted by Crippen LogP contribution is 2.15. The second-order valence-electron chi connectivity index (χ2n) is 4.75. The van der Waals surface area contributed by atoms with Gasteiger partial charge in [0.25, 0.3) is 5.88 Å². The first-order chi connectivity index (χ1) is 8.46. The molecule has 3 N–H and O–H groups in total. The first kappa shape index (κ1) is 12.8. The lowest BCUT2D eigenvalue weighted by molar-refractivity contribution is -0.107. The molecule has 0 saturated carbocycles. The monoisotopic (exact) mass is 256 g/mol. The highest BCUT2D eigenvalue weighted by Gasteiger charge is 2.28. The van der Waals surface area contributed by atoms with Crippen molar-refractivity contribution in [1.82, 2.24) is 20.5 Å². The van der Waals surface area contributed by atoms with Crippen LogP contribution in [0.5, 0.6) is 5.88 Å². The maximum Gasteiger partial charge on any atom is 0.342 e. The maximum atomic E-state index is 11.3. The number of hydrogen-bond donors (Lipinski definition) is 3. The second-order valence-corrected chi connectivity index (χ2v) is 4.75. The molecular weight excluding hydrogens is 240 g/mol. The summed E-state index contributed by atoms with van der Waals surface area (Å²) in [5.41, 5.74) is -1.58. The van der Waals surface area contributed by atoms with Crippen molar-refractivity contribution in [1.29, 1.82) is 0 Å². The molecule has 1 aliphatic rings. The minimum absolute atomic E-state index is 0.165. The van der Waals surface area contributed by atoms with Crippen LogP contribution in [-0.2, 0) is 4.74 Å². The molecule has 1 saturated heterocycles. The van der Waals surface area contributed by atoms with E-state index in [2.05, 4.69) is 15.5 Å². The summed E-state index contributed by atoms with van der Waals surface area (Å²) in [5.74, 6) is -0.165. The molecule has 1 aliphatic heterocycles. The van der Waals surface area contributed by atoms with Crippen molar-refractivity contribution in [3.63, 3.8) is 0 Å². The highest BCUT2D eigenvalue weighted by molar-refractivity contribution is 4.99. The van der Waals surface area contributed by atoms with Crippen LogP contribution in [0.2, 0.25) is 0 Å². The van der Waals surface area contributed by atoms with Crippen molar-refractivity contribution in [2.75, 3.05) is 19.7 Å². The third kappa shape index (κ3) is 3.17. The Labute approximate surface area is 103 Å². The van der Waals surface area contributed by atoms with Crippen LogP contribution in [0.25, 0.3) is 0 Å². The molecule has 18 heavy (non-hydrogen) atoms. The van der Waals surface area contributed by atoms with Gasteiger partial charge in [0.15, 0.2) is 0 Å². The number of H-pyrrole nitrogens is 2. The Kier molecular flexibility index (Phi) is 3.48. The van der Waals surface area contributed by atoms with Gasteiger partial charge in [-0.3, -0.25) is 9.78 Å². The summed E-state index contributed by atoms with van der Waals surface area (Å²) in [6.45, 7) is 5.54. The predicted molar refractivity (Wildman–Crippen MR) is 62.8 cm³/mol. The van der Waals surface area contributed by atoms with Gasteiger partial charge in [-0.05, 0) is 13.8 Å². The molecule has 0 spiro atoms. The smallest absolute Gasteiger partial charge is 0.342 e. The zero-order valence-corrected chi connectivity index (χ0v) is 10.3. The molecule has 100 valence electrons. The normalized spacial score (nSPS) is 22.7. The number of morpholine rings is 1. The molecule has 8 heteroatoms. The quantitative estimate of drug-likeness (QED) is 0.614. The number of ether oxygens (including phenoxy) is 2. The van der Waals surface area contributed by atoms with E-state index in [1.807, 2.05) is 18.8 Å². The third-order valence-electron chi connectivity index (χ3n) is 2.49. The number of aromatic nitrogens is 3. The summed E-state index contributed by atoms with van der Waals surface area (Å²) in [4.78, 5) is 24.1. The predicted octanol–water partition coefficient (Wildman–Crippen LogP) is -1.40. The zero-order valence-electron chi connectivity index (χ0n) is 10.3. The van der Waals surface area contributed by atoms with Crippen LogP contribution >= 0.6 is 0 Å². The lowest BCUT2D eigenvalue weighted by Gasteiger charge is -2.36. The molecule has 1 fully saturated rings. The molecule has 2 rings (SSSR count). The van der Waals surface area contributed by atoms with Crippen molar-refractivity contribution in [3.8, 4) is 5.88 Å². The lowest BCUT2D eigenvalue weighted by Crippen LogP contribution is -2.52. The first-order valence-corrected chi connectivity index (χ1v) is 5.67. The average molecular weight is 256 g/mol. The fourth-order valence-electron chi connectivity index (χ4n) is 1.77. The van der Waals surface area contributed by atoms with Gasteiger partial charge in [-0.2, -0.15) is 0 Å². The van der Waals surface area contributed by atoms with E-state index in [1.54, 1.807) is 0 Å². The Morgan fingerprint density at radius 2 is 2.28 bits per heavy atom. The zero-order chi connectivity index (χ0) is 13.2. The van der Waals surface area contributed by atoms with Gasteiger partial charge in [-0.15, -0.1) is 5.10 Å². The minimum Gasteiger partial charge on any atom is -0.470 e. The standard InChI is InChI=1S/C10H16N4O4/c1-10(2)5-11-3-6(18-10)4-17-8-7(15)12-9(16)14-13-8/h6,11H,3-5H2,1-2H3,(H2,12,14,15,16). The van der Waals surface area contributed by atoms with E-state index in [0.29, 0.717) is 6.54 Å². The fourth-order valence-corrected chi connectivity index (χ4v) is 1.77. The van der Waals surface area contributed by atoms with Gasteiger partial charge >= 0.3 is 11.2 Å². The van der Waals surface area contributed by atoms with Gasteiger partial charge in [-0.25, -0.2) is 9.89 Å². The van der Waals surface area contributed by atoms with E-state index in [1.165, 1.54) is 0 Å². The van der Waals surface area contributed by atoms with Crippen LogP contribution in [0.1, 0.15) is 13.8 Å². The Hall–Kier alpha value is -1.67. The van der Waals surface area contributed by atoms with E-state index in [4.69, 9.17) is 9.47 Å². The fraction of sp³-hybridized carbons (Fsp3) is 0.700. The largest absolute Gasteiger partial charge is 0.470 e. The summed E-state index contributed by atoms with van der Waals surface area (Å²) in [5, 5.41) is 8.84. The maximum absolute atomic E-state index is 11.3. The highest BCUT2D eigenvalue weighted by atomic mass is 16.6. The molecule has 0 bridgehead atoms. The van der Waals surface area contributed by atoms with Crippen molar-refractivity contribution >= 4 is 0 Å². The summed E-state index contributed by atoms with van der Waals surface area (Å²) in [6.07, 6.45) is -0.165. The number of rotatable bonds is 3. The average Bonchev–Trinajstić information content (AvgIpc) is 2.26. The van der Waals surface area contributed by atoms with Crippen molar-refractivity contribution in [2.24, 2.45) is 0 Å². The Morgan fingerprint density at radius 1 is 1.50 bits per heavy atom. The molecule has 1 aromatic rings. The molecular formula is C10H16N4O4. The molecule has 0 amide bonds. The third-order valence-corrected chi connectivity index (χ3v) is 2.49. The van der Waals surface area contributed by atoms with Gasteiger partial charge in [0.05, 0.1) is 5.60 Å². The number of hydrogen-bond acceptors (Lipinski definition) is 6. The molecule has 8 nitrogen and oxygen atoms in total. The van der Waals surface area contributed by atoms with Gasteiger partial charge in [0, 0.05) is 13.1 Å². The van der Waals surface area contributed by atoms with E-state index < -0.39 is 11.2 Å². The summed E-state index contributed by atoms with van der Waals surface area (Å²) < 4.78 is 11.0. The molecule has 1 unspecified atom stereocenters. The molecule has 0 radical (unpaired) electrons. The van der Waals surface area contributed by atoms with E-state index >= 15 is 0 Å².